The molecule has 1 atom stereocenters. The van der Waals surface area contributed by atoms with Crippen LogP contribution in [0.3, 0.4) is 0 Å². The lowest BCUT2D eigenvalue weighted by Crippen LogP contribution is -2.17. The maximum atomic E-state index is 12.3. The average molecular weight is 338 g/mol. The van der Waals surface area contributed by atoms with Gasteiger partial charge in [-0.2, -0.15) is 4.68 Å². The van der Waals surface area contributed by atoms with Gasteiger partial charge in [-0.1, -0.05) is 28.1 Å². The number of ketones is 1. The highest BCUT2D eigenvalue weighted by Gasteiger charge is 2.25. The molecule has 20 heavy (non-hydrogen) atoms. The first-order chi connectivity index (χ1) is 9.40. The molecule has 2 aromatic rings. The van der Waals surface area contributed by atoms with E-state index >= 15 is 0 Å². The minimum atomic E-state index is -0.594. The van der Waals surface area contributed by atoms with Crippen LogP contribution in [-0.4, -0.2) is 20.5 Å². The van der Waals surface area contributed by atoms with E-state index in [0.29, 0.717) is 11.1 Å². The third-order valence-electron chi connectivity index (χ3n) is 2.97. The lowest BCUT2D eigenvalue weighted by Gasteiger charge is -2.07. The van der Waals surface area contributed by atoms with Crippen LogP contribution in [0.15, 0.2) is 34.9 Å². The predicted molar refractivity (Wildman–Crippen MR) is 76.8 cm³/mol. The van der Waals surface area contributed by atoms with E-state index < -0.39 is 11.0 Å². The van der Waals surface area contributed by atoms with Gasteiger partial charge in [-0.25, -0.2) is 0 Å². The van der Waals surface area contributed by atoms with Crippen LogP contribution >= 0.6 is 15.9 Å². The maximum Gasteiger partial charge on any atom is 0.392 e. The van der Waals surface area contributed by atoms with Crippen molar-refractivity contribution in [3.63, 3.8) is 0 Å². The molecule has 2 rings (SSSR count). The number of nitrogens with zero attached hydrogens (tertiary/aromatic N) is 3. The third-order valence-corrected chi connectivity index (χ3v) is 3.50. The van der Waals surface area contributed by atoms with Gasteiger partial charge in [-0.05, 0) is 30.9 Å². The van der Waals surface area contributed by atoms with Crippen LogP contribution in [0, 0.1) is 17.0 Å². The van der Waals surface area contributed by atoms with E-state index in [1.165, 1.54) is 10.9 Å². The fourth-order valence-electron chi connectivity index (χ4n) is 1.83. The number of carbonyl (C=O) groups excluding carboxylic acids is 1. The van der Waals surface area contributed by atoms with Crippen molar-refractivity contribution < 1.29 is 9.72 Å². The molecule has 0 aliphatic heterocycles. The molecule has 0 saturated carbocycles. The van der Waals surface area contributed by atoms with Crippen LogP contribution < -0.4 is 0 Å². The third kappa shape index (κ3) is 2.77. The highest BCUT2D eigenvalue weighted by molar-refractivity contribution is 9.10. The van der Waals surface area contributed by atoms with E-state index in [1.54, 1.807) is 38.1 Å². The fourth-order valence-corrected chi connectivity index (χ4v) is 2.09. The molecule has 1 heterocycles. The van der Waals surface area contributed by atoms with E-state index in [9.17, 15) is 14.9 Å². The zero-order chi connectivity index (χ0) is 14.9. The summed E-state index contributed by atoms with van der Waals surface area (Å²) in [6, 6.07) is 6.36. The summed E-state index contributed by atoms with van der Waals surface area (Å²) in [6.07, 6.45) is 1.51. The monoisotopic (exact) mass is 337 g/mol. The molecule has 0 aliphatic carbocycles. The summed E-state index contributed by atoms with van der Waals surface area (Å²) >= 11 is 3.30. The summed E-state index contributed by atoms with van der Waals surface area (Å²) in [6.45, 7) is 3.26. The average Bonchev–Trinajstić information content (AvgIpc) is 2.80. The minimum absolute atomic E-state index is 0.144. The van der Waals surface area contributed by atoms with Gasteiger partial charge in [0.05, 0.1) is 16.9 Å². The Bertz CT molecular complexity index is 664. The van der Waals surface area contributed by atoms with Gasteiger partial charge in [0.2, 0.25) is 0 Å². The molecule has 0 radical (unpaired) electrons. The summed E-state index contributed by atoms with van der Waals surface area (Å²) in [4.78, 5) is 22.5. The molecule has 0 saturated heterocycles. The Balaban J connectivity index is 2.29. The number of benzene rings is 1. The van der Waals surface area contributed by atoms with Gasteiger partial charge in [-0.3, -0.25) is 4.79 Å². The van der Waals surface area contributed by atoms with Crippen molar-refractivity contribution >= 4 is 27.5 Å². The normalized spacial score (nSPS) is 12.2. The summed E-state index contributed by atoms with van der Waals surface area (Å²) in [5.41, 5.74) is 0.974. The van der Waals surface area contributed by atoms with Crippen molar-refractivity contribution in [3.8, 4) is 0 Å². The zero-order valence-electron chi connectivity index (χ0n) is 10.9. The second-order valence-electron chi connectivity index (χ2n) is 4.42. The van der Waals surface area contributed by atoms with Crippen molar-refractivity contribution in [1.29, 1.82) is 0 Å². The lowest BCUT2D eigenvalue weighted by molar-refractivity contribution is -0.390. The van der Waals surface area contributed by atoms with Gasteiger partial charge in [0.1, 0.15) is 6.04 Å². The van der Waals surface area contributed by atoms with Gasteiger partial charge in [0.15, 0.2) is 5.78 Å². The van der Waals surface area contributed by atoms with Crippen molar-refractivity contribution in [3.05, 3.63) is 56.2 Å². The van der Waals surface area contributed by atoms with Crippen molar-refractivity contribution in [2.75, 3.05) is 0 Å². The molecule has 1 aromatic heterocycles. The van der Waals surface area contributed by atoms with Crippen molar-refractivity contribution in [2.24, 2.45) is 0 Å². The molecule has 1 aromatic carbocycles. The number of halogens is 1. The van der Waals surface area contributed by atoms with Gasteiger partial charge in [0, 0.05) is 10.0 Å². The number of hydrogen-bond acceptors (Lipinski definition) is 4. The first-order valence-corrected chi connectivity index (χ1v) is 6.69. The number of aromatic nitrogens is 2. The number of Topliss-reactive ketones (excluding diaryl/α,β-unsaturated/α-hetero) is 1. The van der Waals surface area contributed by atoms with Gasteiger partial charge < -0.3 is 10.1 Å². The second kappa shape index (κ2) is 5.54. The second-order valence-corrected chi connectivity index (χ2v) is 5.34. The Morgan fingerprint density at radius 3 is 2.50 bits per heavy atom. The Hall–Kier alpha value is -2.02. The summed E-state index contributed by atoms with van der Waals surface area (Å²) in [5, 5.41) is 14.6. The molecule has 0 bridgehead atoms. The summed E-state index contributed by atoms with van der Waals surface area (Å²) in [7, 11) is 0. The van der Waals surface area contributed by atoms with Gasteiger partial charge >= 0.3 is 5.82 Å². The minimum Gasteiger partial charge on any atom is -0.358 e. The van der Waals surface area contributed by atoms with Crippen LogP contribution in [0.1, 0.15) is 28.9 Å². The lowest BCUT2D eigenvalue weighted by atomic mass is 10.1. The van der Waals surface area contributed by atoms with E-state index in [-0.39, 0.29) is 11.6 Å². The van der Waals surface area contributed by atoms with Crippen LogP contribution in [-0.2, 0) is 0 Å². The van der Waals surface area contributed by atoms with Crippen LogP contribution in [0.2, 0.25) is 0 Å². The standard InChI is InChI=1S/C13H12BrN3O3/c1-8-7-16(15-13(8)17(19)20)9(2)12(18)10-3-5-11(14)6-4-10/h3-7,9H,1-2H3. The summed E-state index contributed by atoms with van der Waals surface area (Å²) < 4.78 is 2.21. The van der Waals surface area contributed by atoms with Crippen molar-refractivity contribution in [2.45, 2.75) is 19.9 Å². The number of nitro groups is 1. The van der Waals surface area contributed by atoms with Crippen LogP contribution in [0.4, 0.5) is 5.82 Å². The Kier molecular flexibility index (Phi) is 3.99. The molecule has 6 nitrogen and oxygen atoms in total. The smallest absolute Gasteiger partial charge is 0.358 e. The highest BCUT2D eigenvalue weighted by atomic mass is 79.9. The maximum absolute atomic E-state index is 12.3. The SMILES string of the molecule is Cc1cn(C(C)C(=O)c2ccc(Br)cc2)nc1[N+](=O)[O-]. The number of aryl methyl sites for hydroxylation is 1. The Morgan fingerprint density at radius 2 is 2.00 bits per heavy atom. The van der Waals surface area contributed by atoms with Gasteiger partial charge in [0.25, 0.3) is 0 Å². The number of hydrogen-bond donors (Lipinski definition) is 0. The molecular formula is C13H12BrN3O3. The highest BCUT2D eigenvalue weighted by Crippen LogP contribution is 2.20. The molecule has 0 spiro atoms. The molecule has 1 unspecified atom stereocenters. The number of rotatable bonds is 4. The fraction of sp³-hybridized carbons (Fsp3) is 0.231. The van der Waals surface area contributed by atoms with Crippen LogP contribution in [0.5, 0.6) is 0 Å². The number of carbonyl (C=O) groups is 1. The molecule has 104 valence electrons. The van der Waals surface area contributed by atoms with E-state index in [4.69, 9.17) is 0 Å². The summed E-state index contributed by atoms with van der Waals surface area (Å²) in [5.74, 6) is -0.365. The first-order valence-electron chi connectivity index (χ1n) is 5.90. The Labute approximate surface area is 123 Å². The molecule has 7 heteroatoms. The molecule has 0 amide bonds. The molecular weight excluding hydrogens is 326 g/mol. The van der Waals surface area contributed by atoms with Gasteiger partial charge in [-0.15, -0.1) is 0 Å². The van der Waals surface area contributed by atoms with Crippen molar-refractivity contribution in [1.82, 2.24) is 9.78 Å². The Morgan fingerprint density at radius 1 is 1.40 bits per heavy atom. The molecule has 0 fully saturated rings. The quantitative estimate of drug-likeness (QED) is 0.487. The van der Waals surface area contributed by atoms with E-state index in [0.717, 1.165) is 4.47 Å². The predicted octanol–water partition coefficient (Wildman–Crippen LogP) is 3.31. The zero-order valence-corrected chi connectivity index (χ0v) is 12.5. The molecule has 0 aliphatic rings. The molecule has 0 N–H and O–H groups in total. The van der Waals surface area contributed by atoms with E-state index in [2.05, 4.69) is 21.0 Å². The van der Waals surface area contributed by atoms with E-state index in [1.807, 2.05) is 0 Å². The first kappa shape index (κ1) is 14.4. The topological polar surface area (TPSA) is 78.0 Å². The largest absolute Gasteiger partial charge is 0.392 e. The van der Waals surface area contributed by atoms with Crippen LogP contribution in [0.25, 0.3) is 0 Å².